The lowest BCUT2D eigenvalue weighted by molar-refractivity contribution is -0.137. The average Bonchev–Trinajstić information content (AvgIpc) is 2.80. The van der Waals surface area contributed by atoms with Gasteiger partial charge in [0.2, 0.25) is 5.89 Å². The molecular formula is C14H8ClF3N2O. The lowest BCUT2D eigenvalue weighted by atomic mass is 10.1. The van der Waals surface area contributed by atoms with Crippen molar-refractivity contribution in [1.29, 1.82) is 0 Å². The summed E-state index contributed by atoms with van der Waals surface area (Å²) in [5.41, 5.74) is 6.10. The van der Waals surface area contributed by atoms with Crippen LogP contribution in [-0.4, -0.2) is 4.98 Å². The SMILES string of the molecule is Nc1cc(C(F)(F)F)ccc1-c1nc2ccc(Cl)cc2o1. The Bertz CT molecular complexity index is 827. The average molecular weight is 313 g/mol. The van der Waals surface area contributed by atoms with Crippen molar-refractivity contribution >= 4 is 28.4 Å². The van der Waals surface area contributed by atoms with Crippen LogP contribution in [-0.2, 0) is 6.18 Å². The van der Waals surface area contributed by atoms with E-state index in [-0.39, 0.29) is 11.6 Å². The Morgan fingerprint density at radius 3 is 2.52 bits per heavy atom. The third-order valence-electron chi connectivity index (χ3n) is 2.96. The Morgan fingerprint density at radius 1 is 1.10 bits per heavy atom. The van der Waals surface area contributed by atoms with Gasteiger partial charge >= 0.3 is 6.18 Å². The molecule has 0 aliphatic rings. The molecule has 0 aliphatic heterocycles. The predicted molar refractivity (Wildman–Crippen MR) is 73.9 cm³/mol. The van der Waals surface area contributed by atoms with E-state index >= 15 is 0 Å². The summed E-state index contributed by atoms with van der Waals surface area (Å²) < 4.78 is 43.3. The first-order valence-corrected chi connectivity index (χ1v) is 6.25. The second-order valence-electron chi connectivity index (χ2n) is 4.43. The number of aromatic nitrogens is 1. The van der Waals surface area contributed by atoms with Crippen molar-refractivity contribution < 1.29 is 17.6 Å². The zero-order valence-electron chi connectivity index (χ0n) is 10.4. The van der Waals surface area contributed by atoms with Gasteiger partial charge in [0.1, 0.15) is 5.52 Å². The summed E-state index contributed by atoms with van der Waals surface area (Å²) in [6.45, 7) is 0. The summed E-state index contributed by atoms with van der Waals surface area (Å²) in [6.07, 6.45) is -4.44. The fourth-order valence-electron chi connectivity index (χ4n) is 1.95. The lowest BCUT2D eigenvalue weighted by Crippen LogP contribution is -2.06. The molecule has 0 amide bonds. The van der Waals surface area contributed by atoms with E-state index in [1.54, 1.807) is 18.2 Å². The predicted octanol–water partition coefficient (Wildman–Crippen LogP) is 4.75. The molecule has 0 spiro atoms. The minimum atomic E-state index is -4.44. The topological polar surface area (TPSA) is 52.0 Å². The number of anilines is 1. The van der Waals surface area contributed by atoms with E-state index in [1.165, 1.54) is 6.07 Å². The van der Waals surface area contributed by atoms with Gasteiger partial charge in [0.25, 0.3) is 0 Å². The highest BCUT2D eigenvalue weighted by Gasteiger charge is 2.31. The monoisotopic (exact) mass is 312 g/mol. The van der Waals surface area contributed by atoms with Gasteiger partial charge in [0.15, 0.2) is 5.58 Å². The van der Waals surface area contributed by atoms with Crippen LogP contribution in [0.1, 0.15) is 5.56 Å². The Hall–Kier alpha value is -2.21. The van der Waals surface area contributed by atoms with Crippen LogP contribution in [0.25, 0.3) is 22.6 Å². The molecule has 0 saturated carbocycles. The zero-order valence-corrected chi connectivity index (χ0v) is 11.2. The molecule has 0 radical (unpaired) electrons. The van der Waals surface area contributed by atoms with E-state index < -0.39 is 11.7 Å². The quantitative estimate of drug-likeness (QED) is 0.660. The molecule has 21 heavy (non-hydrogen) atoms. The summed E-state index contributed by atoms with van der Waals surface area (Å²) in [6, 6.07) is 7.92. The van der Waals surface area contributed by atoms with Gasteiger partial charge in [-0.2, -0.15) is 13.2 Å². The van der Waals surface area contributed by atoms with Crippen molar-refractivity contribution in [3.8, 4) is 11.5 Å². The van der Waals surface area contributed by atoms with Crippen LogP contribution in [0.3, 0.4) is 0 Å². The Kier molecular flexibility index (Phi) is 3.06. The molecular weight excluding hydrogens is 305 g/mol. The van der Waals surface area contributed by atoms with E-state index in [0.29, 0.717) is 21.7 Å². The van der Waals surface area contributed by atoms with E-state index in [1.807, 2.05) is 0 Å². The Labute approximate surface area is 122 Å². The maximum atomic E-state index is 12.6. The van der Waals surface area contributed by atoms with Crippen LogP contribution in [0.15, 0.2) is 40.8 Å². The molecule has 0 fully saturated rings. The van der Waals surface area contributed by atoms with Gasteiger partial charge in [-0.25, -0.2) is 4.98 Å². The molecule has 3 nitrogen and oxygen atoms in total. The van der Waals surface area contributed by atoms with Gasteiger partial charge in [-0.1, -0.05) is 11.6 Å². The molecule has 0 saturated heterocycles. The van der Waals surface area contributed by atoms with Crippen LogP contribution in [0.4, 0.5) is 18.9 Å². The third-order valence-corrected chi connectivity index (χ3v) is 3.19. The molecule has 2 N–H and O–H groups in total. The van der Waals surface area contributed by atoms with Crippen LogP contribution in [0.5, 0.6) is 0 Å². The number of nitrogen functional groups attached to an aromatic ring is 1. The molecule has 1 aromatic heterocycles. The van der Waals surface area contributed by atoms with Crippen molar-refractivity contribution in [2.45, 2.75) is 6.18 Å². The van der Waals surface area contributed by atoms with Gasteiger partial charge in [0, 0.05) is 16.8 Å². The van der Waals surface area contributed by atoms with Gasteiger partial charge in [0.05, 0.1) is 11.1 Å². The van der Waals surface area contributed by atoms with Crippen LogP contribution in [0, 0.1) is 0 Å². The number of nitrogens with two attached hydrogens (primary N) is 1. The number of benzene rings is 2. The minimum Gasteiger partial charge on any atom is -0.436 e. The highest BCUT2D eigenvalue weighted by molar-refractivity contribution is 6.31. The van der Waals surface area contributed by atoms with Crippen molar-refractivity contribution in [2.24, 2.45) is 0 Å². The highest BCUT2D eigenvalue weighted by atomic mass is 35.5. The van der Waals surface area contributed by atoms with Crippen molar-refractivity contribution in [3.05, 3.63) is 47.0 Å². The fraction of sp³-hybridized carbons (Fsp3) is 0.0714. The zero-order chi connectivity index (χ0) is 15.2. The molecule has 0 bridgehead atoms. The van der Waals surface area contributed by atoms with Gasteiger partial charge < -0.3 is 10.2 Å². The second kappa shape index (κ2) is 4.66. The van der Waals surface area contributed by atoms with Gasteiger partial charge in [-0.15, -0.1) is 0 Å². The summed E-state index contributed by atoms with van der Waals surface area (Å²) in [4.78, 5) is 4.19. The first kappa shape index (κ1) is 13.8. The highest BCUT2D eigenvalue weighted by Crippen LogP contribution is 2.35. The number of oxazole rings is 1. The minimum absolute atomic E-state index is 0.0533. The van der Waals surface area contributed by atoms with Gasteiger partial charge in [-0.05, 0) is 30.3 Å². The second-order valence-corrected chi connectivity index (χ2v) is 4.87. The fourth-order valence-corrected chi connectivity index (χ4v) is 2.11. The maximum Gasteiger partial charge on any atom is 0.416 e. The molecule has 7 heteroatoms. The first-order valence-electron chi connectivity index (χ1n) is 5.88. The first-order chi connectivity index (χ1) is 9.84. The summed E-state index contributed by atoms with van der Waals surface area (Å²) in [5, 5.41) is 0.477. The number of nitrogens with zero attached hydrogens (tertiary/aromatic N) is 1. The van der Waals surface area contributed by atoms with Crippen LogP contribution >= 0.6 is 11.6 Å². The molecule has 0 atom stereocenters. The van der Waals surface area contributed by atoms with E-state index in [0.717, 1.165) is 12.1 Å². The number of alkyl halides is 3. The summed E-state index contributed by atoms with van der Waals surface area (Å²) >= 11 is 5.84. The van der Waals surface area contributed by atoms with E-state index in [4.69, 9.17) is 21.8 Å². The van der Waals surface area contributed by atoms with E-state index in [2.05, 4.69) is 4.98 Å². The molecule has 0 aliphatic carbocycles. The lowest BCUT2D eigenvalue weighted by Gasteiger charge is -2.08. The number of rotatable bonds is 1. The summed E-state index contributed by atoms with van der Waals surface area (Å²) in [7, 11) is 0. The maximum absolute atomic E-state index is 12.6. The molecule has 3 rings (SSSR count). The van der Waals surface area contributed by atoms with Crippen molar-refractivity contribution in [1.82, 2.24) is 4.98 Å². The van der Waals surface area contributed by atoms with Crippen LogP contribution in [0.2, 0.25) is 5.02 Å². The molecule has 0 unspecified atom stereocenters. The number of fused-ring (bicyclic) bond motifs is 1. The van der Waals surface area contributed by atoms with Crippen molar-refractivity contribution in [2.75, 3.05) is 5.73 Å². The number of halogens is 4. The van der Waals surface area contributed by atoms with Crippen LogP contribution < -0.4 is 5.73 Å². The Morgan fingerprint density at radius 2 is 1.86 bits per heavy atom. The number of hydrogen-bond donors (Lipinski definition) is 1. The third kappa shape index (κ3) is 2.54. The van der Waals surface area contributed by atoms with E-state index in [9.17, 15) is 13.2 Å². The molecule has 108 valence electrons. The number of hydrogen-bond acceptors (Lipinski definition) is 3. The standard InChI is InChI=1S/C14H8ClF3N2O/c15-8-2-4-11-12(6-8)21-13(20-11)9-3-1-7(5-10(9)19)14(16,17)18/h1-6H,19H2. The van der Waals surface area contributed by atoms with Gasteiger partial charge in [-0.3, -0.25) is 0 Å². The molecule has 1 heterocycles. The largest absolute Gasteiger partial charge is 0.436 e. The van der Waals surface area contributed by atoms with Crippen molar-refractivity contribution in [3.63, 3.8) is 0 Å². The molecule has 3 aromatic rings. The smallest absolute Gasteiger partial charge is 0.416 e. The normalized spacial score (nSPS) is 12.0. The Balaban J connectivity index is 2.10. The summed E-state index contributed by atoms with van der Waals surface area (Å²) in [5.74, 6) is 0.151. The molecule has 2 aromatic carbocycles.